The molecule has 1 aromatic carbocycles. The number of likely N-dealkylation sites (tertiary alicyclic amines) is 1. The van der Waals surface area contributed by atoms with Gasteiger partial charge in [0.2, 0.25) is 0 Å². The summed E-state index contributed by atoms with van der Waals surface area (Å²) < 4.78 is 0. The molecule has 0 radical (unpaired) electrons. The minimum absolute atomic E-state index is 0.000404. The second kappa shape index (κ2) is 6.51. The highest BCUT2D eigenvalue weighted by molar-refractivity contribution is 5.24. The molecular formula is C16H26N2O. The van der Waals surface area contributed by atoms with Crippen LogP contribution in [0.3, 0.4) is 0 Å². The van der Waals surface area contributed by atoms with Gasteiger partial charge in [0.05, 0.1) is 12.1 Å². The fraction of sp³-hybridized carbons (Fsp3) is 0.625. The molecule has 2 atom stereocenters. The van der Waals surface area contributed by atoms with Gasteiger partial charge in [-0.1, -0.05) is 37.3 Å². The Morgan fingerprint density at radius 3 is 2.74 bits per heavy atom. The summed E-state index contributed by atoms with van der Waals surface area (Å²) in [7, 11) is 0. The number of nitrogens with two attached hydrogens (primary N) is 1. The van der Waals surface area contributed by atoms with Crippen molar-refractivity contribution in [3.05, 3.63) is 35.9 Å². The van der Waals surface area contributed by atoms with Gasteiger partial charge >= 0.3 is 0 Å². The zero-order valence-corrected chi connectivity index (χ0v) is 11.9. The van der Waals surface area contributed by atoms with Crippen molar-refractivity contribution in [2.45, 2.75) is 31.7 Å². The summed E-state index contributed by atoms with van der Waals surface area (Å²) in [6.45, 7) is 5.61. The molecule has 1 saturated heterocycles. The fourth-order valence-corrected chi connectivity index (χ4v) is 2.93. The van der Waals surface area contributed by atoms with E-state index in [0.29, 0.717) is 0 Å². The van der Waals surface area contributed by atoms with Gasteiger partial charge in [0.25, 0.3) is 0 Å². The first-order valence-electron chi connectivity index (χ1n) is 7.32. The summed E-state index contributed by atoms with van der Waals surface area (Å²) in [5, 5.41) is 9.68. The highest BCUT2D eigenvalue weighted by Crippen LogP contribution is 2.23. The molecular weight excluding hydrogens is 236 g/mol. The molecule has 3 N–H and O–H groups in total. The largest absolute Gasteiger partial charge is 0.394 e. The van der Waals surface area contributed by atoms with Crippen LogP contribution in [0.4, 0.5) is 0 Å². The first-order chi connectivity index (χ1) is 9.14. The van der Waals surface area contributed by atoms with E-state index in [1.807, 2.05) is 30.3 Å². The Morgan fingerprint density at radius 2 is 2.11 bits per heavy atom. The highest BCUT2D eigenvalue weighted by Gasteiger charge is 2.27. The van der Waals surface area contributed by atoms with Crippen molar-refractivity contribution in [1.82, 2.24) is 4.90 Å². The zero-order chi connectivity index (χ0) is 13.7. The molecule has 3 heteroatoms. The van der Waals surface area contributed by atoms with Crippen LogP contribution in [0, 0.1) is 5.92 Å². The summed E-state index contributed by atoms with van der Waals surface area (Å²) in [6.07, 6.45) is 3.42. The molecule has 1 aliphatic heterocycles. The minimum Gasteiger partial charge on any atom is -0.394 e. The van der Waals surface area contributed by atoms with Crippen LogP contribution >= 0.6 is 0 Å². The predicted molar refractivity (Wildman–Crippen MR) is 78.8 cm³/mol. The predicted octanol–water partition coefficient (Wildman–Crippen LogP) is 1.95. The summed E-state index contributed by atoms with van der Waals surface area (Å²) in [6, 6.07) is 9.96. The highest BCUT2D eigenvalue weighted by atomic mass is 16.3. The lowest BCUT2D eigenvalue weighted by Crippen LogP contribution is -2.45. The lowest BCUT2D eigenvalue weighted by Gasteiger charge is -2.35. The second-order valence-electron chi connectivity index (χ2n) is 5.98. The summed E-state index contributed by atoms with van der Waals surface area (Å²) in [5.41, 5.74) is 6.81. The number of nitrogens with zero attached hydrogens (tertiary/aromatic N) is 1. The Labute approximate surface area is 116 Å². The molecule has 0 amide bonds. The topological polar surface area (TPSA) is 49.5 Å². The van der Waals surface area contributed by atoms with E-state index in [1.54, 1.807) is 0 Å². The van der Waals surface area contributed by atoms with Gasteiger partial charge in [0.15, 0.2) is 0 Å². The average molecular weight is 262 g/mol. The molecule has 0 bridgehead atoms. The molecule has 0 aliphatic carbocycles. The van der Waals surface area contributed by atoms with Crippen LogP contribution in [-0.4, -0.2) is 36.2 Å². The van der Waals surface area contributed by atoms with Crippen molar-refractivity contribution in [3.8, 4) is 0 Å². The number of hydrogen-bond donors (Lipinski definition) is 2. The van der Waals surface area contributed by atoms with Crippen LogP contribution in [0.1, 0.15) is 31.7 Å². The van der Waals surface area contributed by atoms with Gasteiger partial charge in [-0.2, -0.15) is 0 Å². The SMILES string of the molecule is CC1CCCN(CCC(N)(CO)c2ccccc2)C1. The molecule has 0 spiro atoms. The molecule has 1 aromatic rings. The van der Waals surface area contributed by atoms with Crippen LogP contribution in [0.2, 0.25) is 0 Å². The molecule has 2 unspecified atom stereocenters. The zero-order valence-electron chi connectivity index (χ0n) is 11.9. The number of piperidine rings is 1. The van der Waals surface area contributed by atoms with Gasteiger partial charge in [0.1, 0.15) is 0 Å². The lowest BCUT2D eigenvalue weighted by atomic mass is 9.88. The molecule has 1 fully saturated rings. The normalized spacial score (nSPS) is 24.1. The third-order valence-electron chi connectivity index (χ3n) is 4.25. The Morgan fingerprint density at radius 1 is 1.37 bits per heavy atom. The molecule has 19 heavy (non-hydrogen) atoms. The number of benzene rings is 1. The molecule has 106 valence electrons. The monoisotopic (exact) mass is 262 g/mol. The van der Waals surface area contributed by atoms with Crippen molar-refractivity contribution < 1.29 is 5.11 Å². The Hall–Kier alpha value is -0.900. The fourth-order valence-electron chi connectivity index (χ4n) is 2.93. The third kappa shape index (κ3) is 3.78. The Balaban J connectivity index is 1.95. The van der Waals surface area contributed by atoms with Crippen molar-refractivity contribution in [3.63, 3.8) is 0 Å². The van der Waals surface area contributed by atoms with Crippen LogP contribution in [0.5, 0.6) is 0 Å². The summed E-state index contributed by atoms with van der Waals surface area (Å²) in [5.74, 6) is 0.784. The van der Waals surface area contributed by atoms with Gasteiger partial charge in [0, 0.05) is 13.1 Å². The van der Waals surface area contributed by atoms with Crippen molar-refractivity contribution in [2.24, 2.45) is 11.7 Å². The second-order valence-corrected chi connectivity index (χ2v) is 5.98. The van der Waals surface area contributed by atoms with E-state index in [2.05, 4.69) is 11.8 Å². The van der Waals surface area contributed by atoms with E-state index in [0.717, 1.165) is 31.0 Å². The van der Waals surface area contributed by atoms with E-state index in [4.69, 9.17) is 5.73 Å². The van der Waals surface area contributed by atoms with Gasteiger partial charge < -0.3 is 15.7 Å². The van der Waals surface area contributed by atoms with Crippen molar-refractivity contribution in [1.29, 1.82) is 0 Å². The number of rotatable bonds is 5. The van der Waals surface area contributed by atoms with Gasteiger partial charge in [-0.15, -0.1) is 0 Å². The molecule has 3 nitrogen and oxygen atoms in total. The van der Waals surface area contributed by atoms with E-state index in [9.17, 15) is 5.11 Å². The standard InChI is InChI=1S/C16H26N2O/c1-14-6-5-10-18(12-14)11-9-16(17,13-19)15-7-3-2-4-8-15/h2-4,7-8,14,19H,5-6,9-13,17H2,1H3. The van der Waals surface area contributed by atoms with Gasteiger partial charge in [-0.05, 0) is 37.3 Å². The number of aliphatic hydroxyl groups is 1. The van der Waals surface area contributed by atoms with E-state index in [1.165, 1.54) is 19.4 Å². The molecule has 0 aromatic heterocycles. The van der Waals surface area contributed by atoms with Crippen LogP contribution in [0.15, 0.2) is 30.3 Å². The van der Waals surface area contributed by atoms with Crippen LogP contribution < -0.4 is 5.73 Å². The Kier molecular flexibility index (Phi) is 4.97. The lowest BCUT2D eigenvalue weighted by molar-refractivity contribution is 0.138. The molecule has 1 heterocycles. The van der Waals surface area contributed by atoms with Crippen molar-refractivity contribution in [2.75, 3.05) is 26.2 Å². The number of aliphatic hydroxyl groups excluding tert-OH is 1. The summed E-state index contributed by atoms with van der Waals surface area (Å²) >= 11 is 0. The average Bonchev–Trinajstić information content (AvgIpc) is 2.46. The smallest absolute Gasteiger partial charge is 0.0656 e. The van der Waals surface area contributed by atoms with E-state index < -0.39 is 5.54 Å². The summed E-state index contributed by atoms with van der Waals surface area (Å²) in [4.78, 5) is 2.48. The van der Waals surface area contributed by atoms with E-state index in [-0.39, 0.29) is 6.61 Å². The maximum absolute atomic E-state index is 9.68. The maximum atomic E-state index is 9.68. The first kappa shape index (κ1) is 14.5. The third-order valence-corrected chi connectivity index (χ3v) is 4.25. The number of hydrogen-bond acceptors (Lipinski definition) is 3. The van der Waals surface area contributed by atoms with Gasteiger partial charge in [-0.3, -0.25) is 0 Å². The minimum atomic E-state index is -0.609. The van der Waals surface area contributed by atoms with Crippen LogP contribution in [-0.2, 0) is 5.54 Å². The first-order valence-corrected chi connectivity index (χ1v) is 7.32. The Bertz CT molecular complexity index is 382. The maximum Gasteiger partial charge on any atom is 0.0656 e. The molecule has 1 aliphatic rings. The van der Waals surface area contributed by atoms with Crippen LogP contribution in [0.25, 0.3) is 0 Å². The van der Waals surface area contributed by atoms with Crippen molar-refractivity contribution >= 4 is 0 Å². The van der Waals surface area contributed by atoms with Gasteiger partial charge in [-0.25, -0.2) is 0 Å². The quantitative estimate of drug-likeness (QED) is 0.853. The molecule has 2 rings (SSSR count). The van der Waals surface area contributed by atoms with E-state index >= 15 is 0 Å². The molecule has 0 saturated carbocycles.